The molecule has 0 amide bonds. The van der Waals surface area contributed by atoms with Gasteiger partial charge < -0.3 is 15.7 Å². The molecule has 6 heteroatoms. The molecule has 0 radical (unpaired) electrons. The fourth-order valence-electron chi connectivity index (χ4n) is 2.88. The minimum absolute atomic E-state index is 0.196. The number of likely N-dealkylation sites (N-methyl/N-ethyl adjacent to an activating group) is 1. The number of benzene rings is 1. The largest absolute Gasteiger partial charge is 0.392 e. The van der Waals surface area contributed by atoms with E-state index in [0.29, 0.717) is 18.7 Å². The lowest BCUT2D eigenvalue weighted by molar-refractivity contribution is 0.169. The van der Waals surface area contributed by atoms with E-state index in [1.54, 1.807) is 0 Å². The molecule has 1 heterocycles. The van der Waals surface area contributed by atoms with Gasteiger partial charge in [-0.05, 0) is 44.3 Å². The zero-order chi connectivity index (χ0) is 15.6. The highest BCUT2D eigenvalue weighted by Crippen LogP contribution is 2.22. The Balaban J connectivity index is 2.14. The molecule has 2 unspecified atom stereocenters. The normalized spacial score (nSPS) is 22.9. The van der Waals surface area contributed by atoms with Crippen LogP contribution in [0.3, 0.4) is 0 Å². The van der Waals surface area contributed by atoms with E-state index in [4.69, 9.17) is 18.0 Å². The maximum absolute atomic E-state index is 13.7. The third-order valence-corrected chi connectivity index (χ3v) is 3.95. The zero-order valence-electron chi connectivity index (χ0n) is 12.4. The molecule has 1 aliphatic heterocycles. The van der Waals surface area contributed by atoms with Gasteiger partial charge in [-0.15, -0.1) is 0 Å². The van der Waals surface area contributed by atoms with E-state index in [0.717, 1.165) is 18.5 Å². The number of rotatable bonds is 5. The Kier molecular flexibility index (Phi) is 5.27. The van der Waals surface area contributed by atoms with Gasteiger partial charge in [0.25, 0.3) is 0 Å². The average molecular weight is 311 g/mol. The van der Waals surface area contributed by atoms with E-state index in [-0.39, 0.29) is 23.0 Å². The highest BCUT2D eigenvalue weighted by Gasteiger charge is 2.31. The number of nitrogens with zero attached hydrogens (tertiary/aromatic N) is 2. The molecule has 1 saturated heterocycles. The molecule has 2 rings (SSSR count). The van der Waals surface area contributed by atoms with Crippen LogP contribution in [0.25, 0.3) is 0 Å². The second-order valence-electron chi connectivity index (χ2n) is 5.95. The van der Waals surface area contributed by atoms with E-state index in [2.05, 4.69) is 9.80 Å². The smallest absolute Gasteiger partial charge is 0.124 e. The van der Waals surface area contributed by atoms with Crippen molar-refractivity contribution in [2.24, 2.45) is 5.73 Å². The summed E-state index contributed by atoms with van der Waals surface area (Å²) in [5.41, 5.74) is 6.95. The van der Waals surface area contributed by atoms with Gasteiger partial charge in [0.2, 0.25) is 0 Å². The summed E-state index contributed by atoms with van der Waals surface area (Å²) in [5, 5.41) is 9.88. The molecule has 1 aromatic rings. The van der Waals surface area contributed by atoms with Crippen molar-refractivity contribution in [1.29, 1.82) is 0 Å². The molecule has 0 spiro atoms. The minimum Gasteiger partial charge on any atom is -0.392 e. The molecule has 3 N–H and O–H groups in total. The molecule has 1 aliphatic rings. The average Bonchev–Trinajstić information content (AvgIpc) is 2.67. The summed E-state index contributed by atoms with van der Waals surface area (Å²) in [7, 11) is 4.02. The van der Waals surface area contributed by atoms with Gasteiger partial charge in [-0.2, -0.15) is 0 Å². The van der Waals surface area contributed by atoms with Gasteiger partial charge in [0.1, 0.15) is 10.8 Å². The lowest BCUT2D eigenvalue weighted by Gasteiger charge is -2.26. The van der Waals surface area contributed by atoms with Gasteiger partial charge in [0.05, 0.1) is 6.10 Å². The van der Waals surface area contributed by atoms with Gasteiger partial charge in [-0.1, -0.05) is 12.2 Å². The number of thiocarbonyl (C=S) groups is 1. The van der Waals surface area contributed by atoms with Crippen LogP contribution >= 0.6 is 12.2 Å². The number of aliphatic hydroxyl groups is 1. The van der Waals surface area contributed by atoms with Crippen molar-refractivity contribution in [3.63, 3.8) is 0 Å². The Labute approximate surface area is 130 Å². The standard InChI is InChI=1S/C15H22FN3OS/c1-18(2)8-13-6-14(20)9-19(13)7-10-3-11(15(17)21)5-12(16)4-10/h3-5,13-14,20H,6-9H2,1-2H3,(H2,17,21). The Morgan fingerprint density at radius 3 is 2.81 bits per heavy atom. The predicted molar refractivity (Wildman–Crippen MR) is 85.7 cm³/mol. The molecule has 1 fully saturated rings. The van der Waals surface area contributed by atoms with Gasteiger partial charge in [-0.25, -0.2) is 4.39 Å². The van der Waals surface area contributed by atoms with Crippen molar-refractivity contribution in [3.8, 4) is 0 Å². The molecule has 0 saturated carbocycles. The Morgan fingerprint density at radius 2 is 2.19 bits per heavy atom. The first kappa shape index (κ1) is 16.3. The number of β-amino-alcohol motifs (C(OH)–C–C–N with tert-alkyl or cyclic N) is 1. The van der Waals surface area contributed by atoms with Gasteiger partial charge in [0, 0.05) is 31.2 Å². The topological polar surface area (TPSA) is 52.7 Å². The third kappa shape index (κ3) is 4.44. The summed E-state index contributed by atoms with van der Waals surface area (Å²) in [6.45, 7) is 2.06. The van der Waals surface area contributed by atoms with Gasteiger partial charge in [-0.3, -0.25) is 4.90 Å². The summed E-state index contributed by atoms with van der Waals surface area (Å²) < 4.78 is 13.7. The van der Waals surface area contributed by atoms with E-state index < -0.39 is 0 Å². The van der Waals surface area contributed by atoms with Crippen molar-refractivity contribution in [2.75, 3.05) is 27.2 Å². The fourth-order valence-corrected chi connectivity index (χ4v) is 3.00. The number of hydrogen-bond donors (Lipinski definition) is 2. The van der Waals surface area contributed by atoms with Crippen molar-refractivity contribution < 1.29 is 9.50 Å². The van der Waals surface area contributed by atoms with Crippen LogP contribution in [0.5, 0.6) is 0 Å². The van der Waals surface area contributed by atoms with Crippen LogP contribution in [0, 0.1) is 5.82 Å². The van der Waals surface area contributed by atoms with E-state index in [9.17, 15) is 9.50 Å². The first-order valence-electron chi connectivity index (χ1n) is 7.01. The van der Waals surface area contributed by atoms with Crippen molar-refractivity contribution >= 4 is 17.2 Å². The molecule has 116 valence electrons. The summed E-state index contributed by atoms with van der Waals surface area (Å²) in [6.07, 6.45) is 0.425. The number of hydrogen-bond acceptors (Lipinski definition) is 4. The van der Waals surface area contributed by atoms with Crippen LogP contribution in [0.4, 0.5) is 4.39 Å². The van der Waals surface area contributed by atoms with Crippen LogP contribution in [-0.2, 0) is 6.54 Å². The van der Waals surface area contributed by atoms with Crippen molar-refractivity contribution in [1.82, 2.24) is 9.80 Å². The predicted octanol–water partition coefficient (Wildman–Crippen LogP) is 0.957. The second kappa shape index (κ2) is 6.79. The number of nitrogens with two attached hydrogens (primary N) is 1. The SMILES string of the molecule is CN(C)CC1CC(O)CN1Cc1cc(F)cc(C(N)=S)c1. The summed E-state index contributed by atoms with van der Waals surface area (Å²) in [5.74, 6) is -0.334. The molecule has 21 heavy (non-hydrogen) atoms. The molecule has 0 aromatic heterocycles. The monoisotopic (exact) mass is 311 g/mol. The van der Waals surface area contributed by atoms with E-state index in [1.807, 2.05) is 20.2 Å². The molecule has 4 nitrogen and oxygen atoms in total. The Hall–Kier alpha value is -1.08. The first-order chi connectivity index (χ1) is 9.85. The van der Waals surface area contributed by atoms with Crippen LogP contribution in [0.2, 0.25) is 0 Å². The molecule has 2 atom stereocenters. The fraction of sp³-hybridized carbons (Fsp3) is 0.533. The Bertz CT molecular complexity index is 524. The molecular weight excluding hydrogens is 289 g/mol. The quantitative estimate of drug-likeness (QED) is 0.793. The summed E-state index contributed by atoms with van der Waals surface area (Å²) >= 11 is 4.91. The number of likely N-dealkylation sites (tertiary alicyclic amines) is 1. The third-order valence-electron chi connectivity index (χ3n) is 3.71. The zero-order valence-corrected chi connectivity index (χ0v) is 13.2. The summed E-state index contributed by atoms with van der Waals surface area (Å²) in [4.78, 5) is 4.48. The minimum atomic E-state index is -0.334. The van der Waals surface area contributed by atoms with Crippen LogP contribution in [0.1, 0.15) is 17.5 Å². The lowest BCUT2D eigenvalue weighted by atomic mass is 10.1. The van der Waals surface area contributed by atoms with Gasteiger partial charge >= 0.3 is 0 Å². The molecular formula is C15H22FN3OS. The highest BCUT2D eigenvalue weighted by atomic mass is 32.1. The first-order valence-corrected chi connectivity index (χ1v) is 7.42. The lowest BCUT2D eigenvalue weighted by Crippen LogP contribution is -2.37. The maximum atomic E-state index is 13.7. The maximum Gasteiger partial charge on any atom is 0.124 e. The van der Waals surface area contributed by atoms with E-state index in [1.165, 1.54) is 12.1 Å². The van der Waals surface area contributed by atoms with Crippen LogP contribution in [0.15, 0.2) is 18.2 Å². The van der Waals surface area contributed by atoms with Crippen LogP contribution < -0.4 is 5.73 Å². The van der Waals surface area contributed by atoms with Gasteiger partial charge in [0.15, 0.2) is 0 Å². The van der Waals surface area contributed by atoms with Crippen molar-refractivity contribution in [2.45, 2.75) is 25.1 Å². The highest BCUT2D eigenvalue weighted by molar-refractivity contribution is 7.80. The number of aliphatic hydroxyl groups excluding tert-OH is 1. The second-order valence-corrected chi connectivity index (χ2v) is 6.39. The molecule has 0 aliphatic carbocycles. The Morgan fingerprint density at radius 1 is 1.48 bits per heavy atom. The van der Waals surface area contributed by atoms with Crippen molar-refractivity contribution in [3.05, 3.63) is 35.1 Å². The molecule has 1 aromatic carbocycles. The van der Waals surface area contributed by atoms with E-state index >= 15 is 0 Å². The number of halogens is 1. The van der Waals surface area contributed by atoms with Crippen LogP contribution in [-0.4, -0.2) is 59.2 Å². The summed E-state index contributed by atoms with van der Waals surface area (Å²) in [6, 6.07) is 4.94. The molecule has 0 bridgehead atoms.